The molecule has 1 atom stereocenters. The first kappa shape index (κ1) is 19.1. The number of hydrogen-bond donors (Lipinski definition) is 0. The van der Waals surface area contributed by atoms with Crippen LogP contribution < -0.4 is 0 Å². The van der Waals surface area contributed by atoms with Crippen molar-refractivity contribution in [1.29, 1.82) is 0 Å². The molecule has 0 radical (unpaired) electrons. The predicted molar refractivity (Wildman–Crippen MR) is 112 cm³/mol. The Morgan fingerprint density at radius 2 is 1.93 bits per heavy atom. The van der Waals surface area contributed by atoms with Crippen LogP contribution in [0, 0.1) is 5.41 Å². The van der Waals surface area contributed by atoms with Gasteiger partial charge in [-0.15, -0.1) is 0 Å². The number of rotatable bonds is 4. The lowest BCUT2D eigenvalue weighted by molar-refractivity contribution is 0.0675. The Morgan fingerprint density at radius 3 is 2.64 bits per heavy atom. The molecule has 0 unspecified atom stereocenters. The van der Waals surface area contributed by atoms with Gasteiger partial charge in [-0.05, 0) is 55.0 Å². The second kappa shape index (κ2) is 8.04. The molecule has 1 aromatic carbocycles. The van der Waals surface area contributed by atoms with Crippen molar-refractivity contribution in [2.24, 2.45) is 5.41 Å². The first-order chi connectivity index (χ1) is 13.5. The van der Waals surface area contributed by atoms with Gasteiger partial charge in [-0.25, -0.2) is 0 Å². The topological polar surface area (TPSA) is 36.4 Å². The first-order valence-electron chi connectivity index (χ1n) is 10.6. The molecule has 1 spiro atoms. The Bertz CT molecular complexity index is 802. The van der Waals surface area contributed by atoms with Gasteiger partial charge in [0.25, 0.3) is 5.91 Å². The molecule has 1 amide bonds. The van der Waals surface area contributed by atoms with Crippen LogP contribution in [0.15, 0.2) is 48.8 Å². The monoisotopic (exact) mass is 377 g/mol. The van der Waals surface area contributed by atoms with E-state index in [2.05, 4.69) is 48.0 Å². The Labute approximate surface area is 168 Å². The zero-order valence-electron chi connectivity index (χ0n) is 17.1. The third-order valence-electron chi connectivity index (χ3n) is 6.43. The minimum atomic E-state index is 0.131. The molecule has 0 N–H and O–H groups in total. The molecular formula is C24H31N3O. The molecule has 4 rings (SSSR count). The summed E-state index contributed by atoms with van der Waals surface area (Å²) < 4.78 is 0. The first-order valence-corrected chi connectivity index (χ1v) is 10.6. The van der Waals surface area contributed by atoms with Crippen LogP contribution in [0.4, 0.5) is 0 Å². The Balaban J connectivity index is 1.39. The summed E-state index contributed by atoms with van der Waals surface area (Å²) in [6.45, 7) is 9.48. The molecule has 2 aliphatic rings. The summed E-state index contributed by atoms with van der Waals surface area (Å²) >= 11 is 0. The SMILES string of the molecule is CC(C)c1ccc(CN2CCC[C@]3(CCN(C(=O)c4cccnc4)C3)C2)cc1. The van der Waals surface area contributed by atoms with E-state index >= 15 is 0 Å². The number of piperidine rings is 1. The van der Waals surface area contributed by atoms with Gasteiger partial charge < -0.3 is 4.90 Å². The molecule has 4 nitrogen and oxygen atoms in total. The highest BCUT2D eigenvalue weighted by Gasteiger charge is 2.42. The van der Waals surface area contributed by atoms with Gasteiger partial charge in [0.1, 0.15) is 0 Å². The van der Waals surface area contributed by atoms with E-state index in [-0.39, 0.29) is 11.3 Å². The smallest absolute Gasteiger partial charge is 0.255 e. The second-order valence-electron chi connectivity index (χ2n) is 8.93. The van der Waals surface area contributed by atoms with Crippen LogP contribution in [0.1, 0.15) is 60.5 Å². The van der Waals surface area contributed by atoms with Gasteiger partial charge in [0.05, 0.1) is 5.56 Å². The van der Waals surface area contributed by atoms with Gasteiger partial charge in [-0.3, -0.25) is 14.7 Å². The summed E-state index contributed by atoms with van der Waals surface area (Å²) in [6.07, 6.45) is 6.96. The molecule has 2 saturated heterocycles. The Morgan fingerprint density at radius 1 is 1.11 bits per heavy atom. The number of benzene rings is 1. The molecule has 28 heavy (non-hydrogen) atoms. The molecular weight excluding hydrogens is 346 g/mol. The van der Waals surface area contributed by atoms with Crippen LogP contribution in [0.25, 0.3) is 0 Å². The normalized spacial score (nSPS) is 22.9. The maximum Gasteiger partial charge on any atom is 0.255 e. The lowest BCUT2D eigenvalue weighted by Gasteiger charge is -2.40. The molecule has 4 heteroatoms. The number of pyridine rings is 1. The fourth-order valence-corrected chi connectivity index (χ4v) is 4.82. The van der Waals surface area contributed by atoms with Crippen LogP contribution >= 0.6 is 0 Å². The molecule has 2 aromatic rings. The molecule has 0 aliphatic carbocycles. The zero-order chi connectivity index (χ0) is 19.6. The fourth-order valence-electron chi connectivity index (χ4n) is 4.82. The number of nitrogens with zero attached hydrogens (tertiary/aromatic N) is 3. The summed E-state index contributed by atoms with van der Waals surface area (Å²) in [6, 6.07) is 12.8. The van der Waals surface area contributed by atoms with E-state index in [1.54, 1.807) is 12.4 Å². The van der Waals surface area contributed by atoms with Crippen molar-refractivity contribution in [3.63, 3.8) is 0 Å². The second-order valence-corrected chi connectivity index (χ2v) is 8.93. The van der Waals surface area contributed by atoms with Crippen LogP contribution in [0.5, 0.6) is 0 Å². The maximum atomic E-state index is 12.8. The summed E-state index contributed by atoms with van der Waals surface area (Å²) in [7, 11) is 0. The summed E-state index contributed by atoms with van der Waals surface area (Å²) in [5, 5.41) is 0. The van der Waals surface area contributed by atoms with Gasteiger partial charge >= 0.3 is 0 Å². The number of hydrogen-bond acceptors (Lipinski definition) is 3. The van der Waals surface area contributed by atoms with Gasteiger partial charge in [0.15, 0.2) is 0 Å². The van der Waals surface area contributed by atoms with E-state index in [0.717, 1.165) is 39.1 Å². The van der Waals surface area contributed by atoms with Crippen LogP contribution in [-0.2, 0) is 6.54 Å². The molecule has 2 fully saturated rings. The van der Waals surface area contributed by atoms with Crippen molar-refractivity contribution in [1.82, 2.24) is 14.8 Å². The third-order valence-corrected chi connectivity index (χ3v) is 6.43. The lowest BCUT2D eigenvalue weighted by Crippen LogP contribution is -2.45. The van der Waals surface area contributed by atoms with E-state index < -0.39 is 0 Å². The largest absolute Gasteiger partial charge is 0.338 e. The molecule has 0 saturated carbocycles. The van der Waals surface area contributed by atoms with Crippen LogP contribution in [0.3, 0.4) is 0 Å². The number of aromatic nitrogens is 1. The van der Waals surface area contributed by atoms with Crippen molar-refractivity contribution >= 4 is 5.91 Å². The summed E-state index contributed by atoms with van der Waals surface area (Å²) in [5.74, 6) is 0.709. The van der Waals surface area contributed by atoms with Crippen LogP contribution in [0.2, 0.25) is 0 Å². The van der Waals surface area contributed by atoms with Crippen LogP contribution in [-0.4, -0.2) is 46.9 Å². The van der Waals surface area contributed by atoms with Gasteiger partial charge in [0, 0.05) is 44.0 Å². The van der Waals surface area contributed by atoms with E-state index in [0.29, 0.717) is 11.5 Å². The summed E-state index contributed by atoms with van der Waals surface area (Å²) in [5.41, 5.74) is 3.76. The van der Waals surface area contributed by atoms with E-state index in [1.807, 2.05) is 17.0 Å². The van der Waals surface area contributed by atoms with E-state index in [4.69, 9.17) is 0 Å². The van der Waals surface area contributed by atoms with Crippen molar-refractivity contribution in [2.75, 3.05) is 26.2 Å². The van der Waals surface area contributed by atoms with Gasteiger partial charge in [-0.1, -0.05) is 38.1 Å². The number of likely N-dealkylation sites (tertiary alicyclic amines) is 2. The molecule has 148 valence electrons. The Kier molecular flexibility index (Phi) is 5.49. The predicted octanol–water partition coefficient (Wildman–Crippen LogP) is 4.33. The Hall–Kier alpha value is -2.20. The fraction of sp³-hybridized carbons (Fsp3) is 0.500. The minimum absolute atomic E-state index is 0.131. The number of amides is 1. The third kappa shape index (κ3) is 4.12. The summed E-state index contributed by atoms with van der Waals surface area (Å²) in [4.78, 5) is 21.5. The van der Waals surface area contributed by atoms with Gasteiger partial charge in [0.2, 0.25) is 0 Å². The zero-order valence-corrected chi connectivity index (χ0v) is 17.1. The van der Waals surface area contributed by atoms with Gasteiger partial charge in [-0.2, -0.15) is 0 Å². The maximum absolute atomic E-state index is 12.8. The van der Waals surface area contributed by atoms with Crippen molar-refractivity contribution in [2.45, 2.75) is 45.6 Å². The van der Waals surface area contributed by atoms with Crippen molar-refractivity contribution in [3.05, 3.63) is 65.5 Å². The number of carbonyl (C=O) groups is 1. The number of carbonyl (C=O) groups excluding carboxylic acids is 1. The van der Waals surface area contributed by atoms with E-state index in [9.17, 15) is 4.79 Å². The average molecular weight is 378 g/mol. The van der Waals surface area contributed by atoms with Crippen molar-refractivity contribution < 1.29 is 4.79 Å². The van der Waals surface area contributed by atoms with Crippen molar-refractivity contribution in [3.8, 4) is 0 Å². The average Bonchev–Trinajstić information content (AvgIpc) is 3.11. The highest BCUT2D eigenvalue weighted by molar-refractivity contribution is 5.94. The quantitative estimate of drug-likeness (QED) is 0.796. The molecule has 0 bridgehead atoms. The lowest BCUT2D eigenvalue weighted by atomic mass is 9.79. The molecule has 3 heterocycles. The molecule has 1 aromatic heterocycles. The standard InChI is InChI=1S/C24H31N3O/c1-19(2)21-8-6-20(7-9-21)16-26-13-4-10-24(17-26)11-14-27(18-24)23(28)22-5-3-12-25-15-22/h3,5-9,12,15,19H,4,10-11,13-14,16-18H2,1-2H3/t24-/m0/s1. The highest BCUT2D eigenvalue weighted by atomic mass is 16.2. The highest BCUT2D eigenvalue weighted by Crippen LogP contribution is 2.39. The van der Waals surface area contributed by atoms with E-state index in [1.165, 1.54) is 24.0 Å². The molecule has 2 aliphatic heterocycles. The minimum Gasteiger partial charge on any atom is -0.338 e.